The minimum absolute atomic E-state index is 0.0615. The van der Waals surface area contributed by atoms with Crippen molar-refractivity contribution >= 4 is 23.2 Å². The zero-order valence-electron chi connectivity index (χ0n) is 25.9. The highest BCUT2D eigenvalue weighted by Crippen LogP contribution is 2.46. The fraction of sp³-hybridized carbons (Fsp3) is 0.412. The summed E-state index contributed by atoms with van der Waals surface area (Å²) in [6.45, 7) is 7.03. The molecule has 2 heterocycles. The average Bonchev–Trinajstić information content (AvgIpc) is 3.05. The summed E-state index contributed by atoms with van der Waals surface area (Å²) >= 11 is 0. The van der Waals surface area contributed by atoms with Crippen LogP contribution in [0.4, 0.5) is 11.4 Å². The lowest BCUT2D eigenvalue weighted by molar-refractivity contribution is -0.138. The van der Waals surface area contributed by atoms with Gasteiger partial charge < -0.3 is 33.6 Å². The first-order valence-electron chi connectivity index (χ1n) is 14.7. The third-order valence-electron chi connectivity index (χ3n) is 8.81. The van der Waals surface area contributed by atoms with Crippen molar-refractivity contribution < 1.29 is 28.5 Å². The van der Waals surface area contributed by atoms with Gasteiger partial charge in [-0.05, 0) is 55.2 Å². The van der Waals surface area contributed by atoms with Crippen molar-refractivity contribution in [3.05, 3.63) is 71.3 Å². The number of carbonyl (C=O) groups is 2. The molecule has 0 aromatic heterocycles. The van der Waals surface area contributed by atoms with E-state index in [9.17, 15) is 9.59 Å². The van der Waals surface area contributed by atoms with Crippen molar-refractivity contribution in [1.29, 1.82) is 0 Å². The second-order valence-corrected chi connectivity index (χ2v) is 11.0. The molecule has 0 unspecified atom stereocenters. The molecule has 0 N–H and O–H groups in total. The molecule has 2 fully saturated rings. The maximum atomic E-state index is 14.3. The third-order valence-corrected chi connectivity index (χ3v) is 8.81. The first-order valence-corrected chi connectivity index (χ1v) is 14.7. The van der Waals surface area contributed by atoms with E-state index in [0.29, 0.717) is 48.2 Å². The molecule has 3 aromatic rings. The molecule has 43 heavy (non-hydrogen) atoms. The SMILES string of the molecule is COc1ccc([C@@H]2[C@H](C(=O)N3CCN(c4cccc(C)c4C)CC3)CCC(=O)N2c2cc(OC)c(OC)c(OC)c2)cc1. The number of benzene rings is 3. The van der Waals surface area contributed by atoms with E-state index in [0.717, 1.165) is 18.7 Å². The summed E-state index contributed by atoms with van der Waals surface area (Å²) < 4.78 is 22.1. The van der Waals surface area contributed by atoms with Gasteiger partial charge in [0.05, 0.1) is 46.1 Å². The number of carbonyl (C=O) groups excluding carboxylic acids is 2. The number of piperidine rings is 1. The summed E-state index contributed by atoms with van der Waals surface area (Å²) in [4.78, 5) is 34.1. The number of rotatable bonds is 8. The van der Waals surface area contributed by atoms with Gasteiger partial charge in [0.1, 0.15) is 5.75 Å². The molecule has 0 spiro atoms. The fourth-order valence-electron chi connectivity index (χ4n) is 6.32. The van der Waals surface area contributed by atoms with Crippen LogP contribution in [0.1, 0.15) is 35.6 Å². The number of methoxy groups -OCH3 is 4. The van der Waals surface area contributed by atoms with Gasteiger partial charge in [-0.25, -0.2) is 0 Å². The first kappa shape index (κ1) is 30.1. The van der Waals surface area contributed by atoms with Crippen molar-refractivity contribution in [3.63, 3.8) is 0 Å². The van der Waals surface area contributed by atoms with Crippen molar-refractivity contribution in [2.45, 2.75) is 32.7 Å². The number of hydrogen-bond donors (Lipinski definition) is 0. The standard InChI is InChI=1S/C34H41N3O6/c1-22-8-7-9-28(23(22)2)35-16-18-36(19-17-35)34(39)27-14-15-31(38)37(32(27)24-10-12-26(40-3)13-11-24)25-20-29(41-4)33(43-6)30(21-25)42-5/h7-13,20-21,27,32H,14-19H2,1-6H3/t27-,32-/m1/s1. The second kappa shape index (κ2) is 12.9. The molecule has 2 saturated heterocycles. The topological polar surface area (TPSA) is 80.8 Å². The van der Waals surface area contributed by atoms with E-state index in [4.69, 9.17) is 18.9 Å². The third kappa shape index (κ3) is 5.81. The van der Waals surface area contributed by atoms with Gasteiger partial charge in [0.2, 0.25) is 17.6 Å². The highest BCUT2D eigenvalue weighted by Gasteiger charge is 2.44. The molecule has 3 aromatic carbocycles. The van der Waals surface area contributed by atoms with Crippen molar-refractivity contribution in [2.24, 2.45) is 5.92 Å². The van der Waals surface area contributed by atoms with Gasteiger partial charge in [0.15, 0.2) is 11.5 Å². The van der Waals surface area contributed by atoms with Crippen molar-refractivity contribution in [2.75, 3.05) is 64.4 Å². The van der Waals surface area contributed by atoms with Gasteiger partial charge >= 0.3 is 0 Å². The Kier molecular flexibility index (Phi) is 8.99. The minimum atomic E-state index is -0.528. The van der Waals surface area contributed by atoms with E-state index < -0.39 is 12.0 Å². The van der Waals surface area contributed by atoms with Crippen LogP contribution in [0, 0.1) is 19.8 Å². The summed E-state index contributed by atoms with van der Waals surface area (Å²) in [7, 11) is 6.25. The Morgan fingerprint density at radius 3 is 2.05 bits per heavy atom. The largest absolute Gasteiger partial charge is 0.497 e. The fourth-order valence-corrected chi connectivity index (χ4v) is 6.32. The molecule has 0 radical (unpaired) electrons. The number of piperazine rings is 1. The Balaban J connectivity index is 1.49. The second-order valence-electron chi connectivity index (χ2n) is 11.0. The lowest BCUT2D eigenvalue weighted by atomic mass is 9.82. The zero-order valence-corrected chi connectivity index (χ0v) is 25.9. The molecule has 9 heteroatoms. The number of hydrogen-bond acceptors (Lipinski definition) is 7. The first-order chi connectivity index (χ1) is 20.8. The van der Waals surface area contributed by atoms with Crippen LogP contribution < -0.4 is 28.7 Å². The van der Waals surface area contributed by atoms with Gasteiger partial charge in [0, 0.05) is 50.4 Å². The molecule has 228 valence electrons. The number of nitrogens with zero attached hydrogens (tertiary/aromatic N) is 3. The van der Waals surface area contributed by atoms with Gasteiger partial charge in [0.25, 0.3) is 0 Å². The molecular weight excluding hydrogens is 546 g/mol. The molecule has 0 saturated carbocycles. The maximum absolute atomic E-state index is 14.3. The zero-order chi connectivity index (χ0) is 30.7. The Hall–Kier alpha value is -4.40. The van der Waals surface area contributed by atoms with Crippen LogP contribution in [0.3, 0.4) is 0 Å². The molecule has 0 bridgehead atoms. The van der Waals surface area contributed by atoms with Crippen molar-refractivity contribution in [3.8, 4) is 23.0 Å². The lowest BCUT2D eigenvalue weighted by Crippen LogP contribution is -2.54. The molecular formula is C34H41N3O6. The van der Waals surface area contributed by atoms with E-state index in [1.807, 2.05) is 29.2 Å². The van der Waals surface area contributed by atoms with Crippen LogP contribution in [0.25, 0.3) is 0 Å². The van der Waals surface area contributed by atoms with Crippen LogP contribution in [0.5, 0.6) is 23.0 Å². The predicted molar refractivity (Wildman–Crippen MR) is 167 cm³/mol. The van der Waals surface area contributed by atoms with Crippen molar-refractivity contribution in [1.82, 2.24) is 4.90 Å². The van der Waals surface area contributed by atoms with E-state index in [2.05, 4.69) is 36.9 Å². The minimum Gasteiger partial charge on any atom is -0.497 e. The van der Waals surface area contributed by atoms with Crippen LogP contribution >= 0.6 is 0 Å². The Labute approximate surface area is 253 Å². The highest BCUT2D eigenvalue weighted by atomic mass is 16.5. The monoisotopic (exact) mass is 587 g/mol. The Morgan fingerprint density at radius 2 is 1.47 bits per heavy atom. The van der Waals surface area contributed by atoms with Crippen LogP contribution in [0.2, 0.25) is 0 Å². The summed E-state index contributed by atoms with van der Waals surface area (Å²) in [6, 6.07) is 17.0. The number of ether oxygens (including phenoxy) is 4. The van der Waals surface area contributed by atoms with Gasteiger partial charge in [-0.3, -0.25) is 9.59 Å². The van der Waals surface area contributed by atoms with Crippen LogP contribution in [-0.2, 0) is 9.59 Å². The van der Waals surface area contributed by atoms with Crippen LogP contribution in [0.15, 0.2) is 54.6 Å². The van der Waals surface area contributed by atoms with Gasteiger partial charge in [-0.15, -0.1) is 0 Å². The molecule has 9 nitrogen and oxygen atoms in total. The van der Waals surface area contributed by atoms with E-state index in [1.54, 1.807) is 45.5 Å². The predicted octanol–water partition coefficient (Wildman–Crippen LogP) is 5.17. The van der Waals surface area contributed by atoms with Gasteiger partial charge in [-0.2, -0.15) is 0 Å². The molecule has 2 atom stereocenters. The summed E-state index contributed by atoms with van der Waals surface area (Å²) in [6.07, 6.45) is 0.717. The summed E-state index contributed by atoms with van der Waals surface area (Å²) in [5.41, 5.74) is 5.19. The van der Waals surface area contributed by atoms with Crippen LogP contribution in [-0.4, -0.2) is 71.3 Å². The molecule has 0 aliphatic carbocycles. The maximum Gasteiger partial charge on any atom is 0.228 e. The van der Waals surface area contributed by atoms with E-state index in [-0.39, 0.29) is 18.2 Å². The lowest BCUT2D eigenvalue weighted by Gasteiger charge is -2.44. The number of aryl methyl sites for hydroxylation is 1. The Bertz CT molecular complexity index is 1440. The molecule has 2 amide bonds. The number of anilines is 2. The quantitative estimate of drug-likeness (QED) is 0.360. The normalized spacial score (nSPS) is 18.8. The van der Waals surface area contributed by atoms with E-state index >= 15 is 0 Å². The molecule has 2 aliphatic rings. The average molecular weight is 588 g/mol. The van der Waals surface area contributed by atoms with Gasteiger partial charge in [-0.1, -0.05) is 24.3 Å². The van der Waals surface area contributed by atoms with E-state index in [1.165, 1.54) is 16.8 Å². The molecule has 5 rings (SSSR count). The summed E-state index contributed by atoms with van der Waals surface area (Å²) in [5, 5.41) is 0. The highest BCUT2D eigenvalue weighted by molar-refractivity contribution is 5.98. The Morgan fingerprint density at radius 1 is 0.814 bits per heavy atom. The smallest absolute Gasteiger partial charge is 0.228 e. The molecule has 2 aliphatic heterocycles. The number of amides is 2. The summed E-state index contributed by atoms with van der Waals surface area (Å²) in [5.74, 6) is 1.58.